The summed E-state index contributed by atoms with van der Waals surface area (Å²) >= 11 is 6.89. The Morgan fingerprint density at radius 1 is 1.00 bits per heavy atom. The van der Waals surface area contributed by atoms with E-state index in [1.165, 1.54) is 0 Å². The average molecular weight is 492 g/mol. The van der Waals surface area contributed by atoms with E-state index in [0.717, 1.165) is 11.1 Å². The second kappa shape index (κ2) is 8.45. The van der Waals surface area contributed by atoms with Crippen molar-refractivity contribution in [2.24, 2.45) is 10.9 Å². The van der Waals surface area contributed by atoms with Crippen LogP contribution in [0.4, 0.5) is 0 Å². The lowest BCUT2D eigenvalue weighted by Gasteiger charge is -2.13. The van der Waals surface area contributed by atoms with Gasteiger partial charge in [0.15, 0.2) is 11.6 Å². The highest BCUT2D eigenvalue weighted by atomic mass is 79.9. The maximum absolute atomic E-state index is 10.2. The highest BCUT2D eigenvalue weighted by Gasteiger charge is 2.13. The monoisotopic (exact) mass is 490 g/mol. The summed E-state index contributed by atoms with van der Waals surface area (Å²) in [7, 11) is 0. The number of hydrogen-bond acceptors (Lipinski definition) is 4. The standard InChI is InChI=1S/C20H16Br2N2O3/c21-16-10-14(20(23)24-26)11-17(22)19(16)27-15-6-7-18(25)13(9-15)8-12-4-2-1-3-5-12/h1-7,9-11,25-26H,8H2,(H2,23,24). The Balaban J connectivity index is 1.89. The van der Waals surface area contributed by atoms with Crippen LogP contribution in [-0.4, -0.2) is 16.1 Å². The Morgan fingerprint density at radius 3 is 2.30 bits per heavy atom. The van der Waals surface area contributed by atoms with Crippen LogP contribution in [-0.2, 0) is 6.42 Å². The molecular weight excluding hydrogens is 476 g/mol. The number of hydrogen-bond donors (Lipinski definition) is 3. The van der Waals surface area contributed by atoms with E-state index < -0.39 is 0 Å². The van der Waals surface area contributed by atoms with Crippen molar-refractivity contribution in [2.75, 3.05) is 0 Å². The molecule has 4 N–H and O–H groups in total. The predicted octanol–water partition coefficient (Wildman–Crippen LogP) is 5.39. The summed E-state index contributed by atoms with van der Waals surface area (Å²) in [6, 6.07) is 18.4. The van der Waals surface area contributed by atoms with Crippen molar-refractivity contribution in [3.8, 4) is 17.2 Å². The fourth-order valence-corrected chi connectivity index (χ4v) is 3.91. The molecule has 0 spiro atoms. The lowest BCUT2D eigenvalue weighted by Crippen LogP contribution is -2.13. The van der Waals surface area contributed by atoms with Crippen molar-refractivity contribution in [3.05, 3.63) is 86.3 Å². The number of nitrogens with two attached hydrogens (primary N) is 1. The average Bonchev–Trinajstić information content (AvgIpc) is 2.67. The van der Waals surface area contributed by atoms with Gasteiger partial charge < -0.3 is 20.8 Å². The first-order valence-electron chi connectivity index (χ1n) is 7.98. The number of halogens is 2. The van der Waals surface area contributed by atoms with Gasteiger partial charge in [-0.25, -0.2) is 0 Å². The van der Waals surface area contributed by atoms with Crippen molar-refractivity contribution in [1.82, 2.24) is 0 Å². The van der Waals surface area contributed by atoms with E-state index in [0.29, 0.717) is 32.4 Å². The molecule has 0 amide bonds. The van der Waals surface area contributed by atoms with Crippen molar-refractivity contribution in [3.63, 3.8) is 0 Å². The third-order valence-corrected chi connectivity index (χ3v) is 5.09. The molecule has 0 saturated heterocycles. The van der Waals surface area contributed by atoms with Crippen LogP contribution in [0.15, 0.2) is 74.8 Å². The maximum atomic E-state index is 10.2. The van der Waals surface area contributed by atoms with E-state index in [9.17, 15) is 5.11 Å². The maximum Gasteiger partial charge on any atom is 0.170 e. The summed E-state index contributed by atoms with van der Waals surface area (Å²) in [6.45, 7) is 0. The topological polar surface area (TPSA) is 88.1 Å². The molecule has 0 aliphatic carbocycles. The van der Waals surface area contributed by atoms with E-state index in [-0.39, 0.29) is 11.6 Å². The fourth-order valence-electron chi connectivity index (χ4n) is 2.56. The van der Waals surface area contributed by atoms with E-state index >= 15 is 0 Å². The van der Waals surface area contributed by atoms with Crippen LogP contribution in [0.3, 0.4) is 0 Å². The zero-order chi connectivity index (χ0) is 19.4. The molecule has 0 radical (unpaired) electrons. The molecule has 3 aromatic rings. The molecule has 7 heteroatoms. The quantitative estimate of drug-likeness (QED) is 0.193. The first kappa shape index (κ1) is 19.3. The molecule has 138 valence electrons. The van der Waals surface area contributed by atoms with Gasteiger partial charge in [0.05, 0.1) is 8.95 Å². The summed E-state index contributed by atoms with van der Waals surface area (Å²) in [5, 5.41) is 22.0. The van der Waals surface area contributed by atoms with Gasteiger partial charge in [-0.2, -0.15) is 0 Å². The van der Waals surface area contributed by atoms with Crippen LogP contribution in [0.25, 0.3) is 0 Å². The third kappa shape index (κ3) is 4.61. The van der Waals surface area contributed by atoms with Crippen LogP contribution >= 0.6 is 31.9 Å². The fraction of sp³-hybridized carbons (Fsp3) is 0.0500. The number of benzene rings is 3. The first-order chi connectivity index (χ1) is 13.0. The van der Waals surface area contributed by atoms with Crippen LogP contribution in [0.1, 0.15) is 16.7 Å². The minimum atomic E-state index is -0.00210. The Labute approximate surface area is 173 Å². The minimum Gasteiger partial charge on any atom is -0.508 e. The summed E-state index contributed by atoms with van der Waals surface area (Å²) in [6.07, 6.45) is 0.592. The summed E-state index contributed by atoms with van der Waals surface area (Å²) in [4.78, 5) is 0. The second-order valence-electron chi connectivity index (χ2n) is 5.81. The molecule has 0 unspecified atom stereocenters. The van der Waals surface area contributed by atoms with Crippen molar-refractivity contribution in [1.29, 1.82) is 0 Å². The largest absolute Gasteiger partial charge is 0.508 e. The van der Waals surface area contributed by atoms with Gasteiger partial charge in [-0.15, -0.1) is 0 Å². The number of phenols is 1. The summed E-state index contributed by atoms with van der Waals surface area (Å²) in [5.74, 6) is 1.34. The first-order valence-corrected chi connectivity index (χ1v) is 9.57. The second-order valence-corrected chi connectivity index (χ2v) is 7.52. The molecule has 0 heterocycles. The molecule has 0 saturated carbocycles. The van der Waals surface area contributed by atoms with Gasteiger partial charge in [-0.3, -0.25) is 0 Å². The molecular formula is C20H16Br2N2O3. The van der Waals surface area contributed by atoms with Crippen LogP contribution in [0, 0.1) is 0 Å². The Morgan fingerprint density at radius 2 is 1.67 bits per heavy atom. The number of nitrogens with zero attached hydrogens (tertiary/aromatic N) is 1. The SMILES string of the molecule is N/C(=N\O)c1cc(Br)c(Oc2ccc(O)c(Cc3ccccc3)c2)c(Br)c1. The van der Waals surface area contributed by atoms with Crippen molar-refractivity contribution < 1.29 is 15.1 Å². The number of amidine groups is 1. The summed E-state index contributed by atoms with van der Waals surface area (Å²) in [5.41, 5.74) is 8.03. The lowest BCUT2D eigenvalue weighted by atomic mass is 10.0. The van der Waals surface area contributed by atoms with Gasteiger partial charge in [0.1, 0.15) is 11.5 Å². The normalized spacial score (nSPS) is 11.4. The zero-order valence-electron chi connectivity index (χ0n) is 14.1. The van der Waals surface area contributed by atoms with Crippen LogP contribution < -0.4 is 10.5 Å². The Kier molecular flexibility index (Phi) is 6.03. The molecule has 27 heavy (non-hydrogen) atoms. The van der Waals surface area contributed by atoms with Gasteiger partial charge >= 0.3 is 0 Å². The summed E-state index contributed by atoms with van der Waals surface area (Å²) < 4.78 is 7.26. The smallest absolute Gasteiger partial charge is 0.170 e. The molecule has 3 aromatic carbocycles. The molecule has 3 rings (SSSR count). The van der Waals surface area contributed by atoms with Crippen molar-refractivity contribution in [2.45, 2.75) is 6.42 Å². The van der Waals surface area contributed by atoms with Crippen LogP contribution in [0.2, 0.25) is 0 Å². The third-order valence-electron chi connectivity index (χ3n) is 3.91. The number of aromatic hydroxyl groups is 1. The van der Waals surface area contributed by atoms with E-state index in [4.69, 9.17) is 15.7 Å². The highest BCUT2D eigenvalue weighted by molar-refractivity contribution is 9.11. The number of phenolic OH excluding ortho intramolecular Hbond substituents is 1. The number of rotatable bonds is 5. The lowest BCUT2D eigenvalue weighted by molar-refractivity contribution is 0.318. The van der Waals surface area contributed by atoms with Gasteiger partial charge in [-0.05, 0) is 67.8 Å². The van der Waals surface area contributed by atoms with Gasteiger partial charge in [0.25, 0.3) is 0 Å². The van der Waals surface area contributed by atoms with E-state index in [1.54, 1.807) is 30.3 Å². The predicted molar refractivity (Wildman–Crippen MR) is 112 cm³/mol. The highest BCUT2D eigenvalue weighted by Crippen LogP contribution is 2.39. The Bertz CT molecular complexity index is 969. The van der Waals surface area contributed by atoms with Gasteiger partial charge in [-0.1, -0.05) is 35.5 Å². The zero-order valence-corrected chi connectivity index (χ0v) is 17.2. The van der Waals surface area contributed by atoms with Gasteiger partial charge in [0, 0.05) is 17.5 Å². The van der Waals surface area contributed by atoms with Crippen LogP contribution in [0.5, 0.6) is 17.2 Å². The molecule has 0 atom stereocenters. The number of oxime groups is 1. The van der Waals surface area contributed by atoms with Crippen molar-refractivity contribution >= 4 is 37.7 Å². The molecule has 0 aromatic heterocycles. The number of ether oxygens (including phenoxy) is 1. The molecule has 5 nitrogen and oxygen atoms in total. The molecule has 0 aliphatic rings. The molecule has 0 aliphatic heterocycles. The molecule has 0 bridgehead atoms. The minimum absolute atomic E-state index is 0.00210. The van der Waals surface area contributed by atoms with E-state index in [2.05, 4.69) is 37.0 Å². The Hall–Kier alpha value is -2.51. The molecule has 0 fully saturated rings. The van der Waals surface area contributed by atoms with Gasteiger partial charge in [0.2, 0.25) is 0 Å². The van der Waals surface area contributed by atoms with E-state index in [1.807, 2.05) is 30.3 Å².